The predicted molar refractivity (Wildman–Crippen MR) is 437 cm³/mol. The van der Waals surface area contributed by atoms with Crippen LogP contribution in [0.15, 0.2) is 144 Å². The number of carboxylic acid groups (broad SMARTS) is 1. The summed E-state index contributed by atoms with van der Waals surface area (Å²) in [5.74, 6) is 10.6. The molecular weight excluding hydrogens is 1580 g/mol. The van der Waals surface area contributed by atoms with Crippen LogP contribution in [0.2, 0.25) is 0 Å². The van der Waals surface area contributed by atoms with Crippen LogP contribution in [0.1, 0.15) is 158 Å². The summed E-state index contributed by atoms with van der Waals surface area (Å²) >= 11 is 0. The van der Waals surface area contributed by atoms with Gasteiger partial charge in [0.1, 0.15) is 34.8 Å². The summed E-state index contributed by atoms with van der Waals surface area (Å²) in [5.41, 5.74) is 10.8. The van der Waals surface area contributed by atoms with E-state index in [1.54, 1.807) is 85.2 Å². The van der Waals surface area contributed by atoms with Crippen molar-refractivity contribution in [2.45, 2.75) is 142 Å². The highest BCUT2D eigenvalue weighted by molar-refractivity contribution is 6.92. The van der Waals surface area contributed by atoms with Crippen molar-refractivity contribution >= 4 is 102 Å². The number of piperidine rings is 2. The number of amides is 5. The number of unbranched alkanes of at least 4 members (excludes halogenated alkanes) is 2. The maximum atomic E-state index is 14.1. The van der Waals surface area contributed by atoms with Crippen LogP contribution in [0.3, 0.4) is 0 Å². The second kappa shape index (κ2) is 36.8. The molecule has 5 amide bonds. The summed E-state index contributed by atoms with van der Waals surface area (Å²) in [5, 5.41) is 32.4. The van der Waals surface area contributed by atoms with Crippen LogP contribution in [-0.2, 0) is 51.3 Å². The Morgan fingerprint density at radius 2 is 1.07 bits per heavy atom. The number of fused-ring (bicyclic) bond motifs is 8. The average Bonchev–Trinajstić information content (AvgIpc) is 1.62. The Bertz CT molecular complexity index is 6110. The van der Waals surface area contributed by atoms with Gasteiger partial charge in [-0.3, -0.25) is 43.7 Å². The van der Waals surface area contributed by atoms with Crippen molar-refractivity contribution < 1.29 is 70.4 Å². The van der Waals surface area contributed by atoms with Gasteiger partial charge in [-0.05, 0) is 110 Å². The molecule has 33 nitrogen and oxygen atoms in total. The molecule has 6 fully saturated rings. The van der Waals surface area contributed by atoms with Crippen molar-refractivity contribution in [1.82, 2.24) is 78.5 Å². The molecule has 4 aromatic carbocycles. The number of halogens is 4. The second-order valence-electron chi connectivity index (χ2n) is 28.5. The number of para-hydroxylation sites is 2. The van der Waals surface area contributed by atoms with Gasteiger partial charge in [0, 0.05) is 64.4 Å². The lowest BCUT2D eigenvalue weighted by Gasteiger charge is -2.27. The molecule has 18 rings (SSSR count). The molecule has 6 aliphatic heterocycles. The molecule has 6 saturated heterocycles. The third-order valence-corrected chi connectivity index (χ3v) is 20.9. The van der Waals surface area contributed by atoms with E-state index in [9.17, 15) is 55.9 Å². The number of rotatable bonds is 21. The average molecular weight is 1670 g/mol. The lowest BCUT2D eigenvalue weighted by Crippen LogP contribution is -2.43. The van der Waals surface area contributed by atoms with Gasteiger partial charge in [-0.1, -0.05) is 74.9 Å². The summed E-state index contributed by atoms with van der Waals surface area (Å²) in [7, 11) is 0. The fourth-order valence-electron chi connectivity index (χ4n) is 15.1. The number of carbonyl (C=O) groups excluding carboxylic acids is 5. The summed E-state index contributed by atoms with van der Waals surface area (Å²) in [4.78, 5) is 117. The smallest absolute Gasteiger partial charge is 0.341 e. The summed E-state index contributed by atoms with van der Waals surface area (Å²) in [6.45, 7) is 4.49. The normalized spacial score (nSPS) is 18.3. The minimum atomic E-state index is -2.94. The first kappa shape index (κ1) is 84.7. The number of imidazole rings is 2. The number of alkyl halides is 4. The summed E-state index contributed by atoms with van der Waals surface area (Å²) < 4.78 is 85.2. The molecule has 0 saturated carbocycles. The quantitative estimate of drug-likeness (QED) is 0.0116. The van der Waals surface area contributed by atoms with Gasteiger partial charge in [0.05, 0.1) is 131 Å². The van der Waals surface area contributed by atoms with Crippen molar-refractivity contribution in [2.24, 2.45) is 0 Å². The van der Waals surface area contributed by atoms with E-state index >= 15 is 0 Å². The zero-order valence-corrected chi connectivity index (χ0v) is 64.4. The van der Waals surface area contributed by atoms with Gasteiger partial charge in [0.15, 0.2) is 22.7 Å². The van der Waals surface area contributed by atoms with Gasteiger partial charge in [-0.2, -0.15) is 30.3 Å². The van der Waals surface area contributed by atoms with E-state index in [1.807, 2.05) is 24.3 Å². The molecule has 4 bridgehead atoms. The molecule has 14 heterocycles. The van der Waals surface area contributed by atoms with Crippen molar-refractivity contribution in [2.75, 3.05) is 60.4 Å². The number of morpholine rings is 2. The number of nitrogens with one attached hydrogen (secondary N) is 5. The first-order valence-corrected chi connectivity index (χ1v) is 37.7. The van der Waals surface area contributed by atoms with Gasteiger partial charge in [0.2, 0.25) is 23.6 Å². The number of imide groups is 2. The maximum absolute atomic E-state index is 14.1. The van der Waals surface area contributed by atoms with Crippen LogP contribution >= 0.6 is 9.90 Å². The maximum Gasteiger partial charge on any atom is 0.341 e. The number of benzene rings is 4. The Balaban J connectivity index is 0.000000173. The van der Waals surface area contributed by atoms with Gasteiger partial charge in [-0.15, -0.1) is 0 Å². The van der Waals surface area contributed by atoms with Crippen LogP contribution in [0.4, 0.5) is 40.6 Å². The highest BCUT2D eigenvalue weighted by Gasteiger charge is 2.42. The standard InChI is InChI=1S/C40H36F2N10O6.C28H26F2N6O4.C12H12N4O3.2CH4.H3P/c41-36(42)35-29(44-38(54)28-18-43-50-15-14-32(45-37(28)50)49-19-27-17-26(49)22-58-27)20-51(48-35)25-10-8-23(9-11-25)21-57-16-3-1-2-5-24-6-4-7-30-34(24)47-40(56)52(30)31-12-13-33(53)46-39(31)55;29-26(30)25-20(31)15-35(34-25)19-10-8-17(9-11-19)16-40-14-3-1-2-5-18-6-4-7-21-24(18)33-28(39)36(21)22-12-13-23(37)32-27(22)38;17-12(18)9-4-13-16-2-1-10(14-11(9)16)15-5-8-3-7(15)6-19-8;;;/h4,6-11,14-15,18,20,26-27,31,36H,1,3,12-13,16-17,19,21-22H2,(H,44,54)(H,47,56)(H,46,53,55);4,6-11,15,22,26H,1,3,12-14,16,31H2,(H,33,39)(H,32,37,38);1-2,4,7-8H,3,5-6H2,(H,17,18);2*1H4;1H3/t26-,27-,31?;;7-,8-;;;/m1.1.../s1. The van der Waals surface area contributed by atoms with Gasteiger partial charge < -0.3 is 54.9 Å². The molecule has 8 aromatic heterocycles. The van der Waals surface area contributed by atoms with Gasteiger partial charge in [-0.25, -0.2) is 60.3 Å². The number of hydrogen-bond donors (Lipinski definition) is 7. The largest absolute Gasteiger partial charge is 0.477 e. The molecule has 6 aliphatic rings. The molecule has 8 N–H and O–H groups in total. The van der Waals surface area contributed by atoms with Crippen LogP contribution in [0.5, 0.6) is 0 Å². The zero-order chi connectivity index (χ0) is 81.1. The van der Waals surface area contributed by atoms with Crippen LogP contribution < -0.4 is 42.9 Å². The van der Waals surface area contributed by atoms with Gasteiger partial charge >= 0.3 is 17.3 Å². The number of nitrogens with two attached hydrogens (primary N) is 1. The number of nitrogen functional groups attached to an aromatic ring is 1. The Morgan fingerprint density at radius 1 is 0.608 bits per heavy atom. The van der Waals surface area contributed by atoms with E-state index < -0.39 is 71.4 Å². The summed E-state index contributed by atoms with van der Waals surface area (Å²) in [6.07, 6.45) is 8.87. The Kier molecular flexibility index (Phi) is 26.0. The Hall–Kier alpha value is -13.2. The van der Waals surface area contributed by atoms with Crippen LogP contribution in [-0.4, -0.2) is 172 Å². The molecule has 12 aromatic rings. The SMILES string of the molecule is C.C.Nc1cn(-c2ccc(COCCCC#Cc3cccc4c3[nH]c(=O)n4C3CCC(=O)NC3=O)cc2)nc1C(F)F.O=C(O)c1cnn2ccc(N3C[C@H]4C[C@@H]3CO4)nc12.O=C1CCC(n2c(=O)[nH]c3c(C#CCCCOCc4ccc(-n5cc(NC(=O)c6cnn7ccc(N8C[C@H]9C[C@@H]8CO9)nc67)c(C(F)F)n5)cc4)cccc32)C(=O)N1.P. The molecule has 38 heteroatoms. The number of carboxylic acids is 1. The van der Waals surface area contributed by atoms with E-state index in [-0.39, 0.29) is 103 Å². The molecule has 120 heavy (non-hydrogen) atoms. The molecule has 624 valence electrons. The molecule has 0 aliphatic carbocycles. The molecular formula is C82H85F4N20O13P. The van der Waals surface area contributed by atoms with Crippen molar-refractivity contribution in [1.29, 1.82) is 0 Å². The second-order valence-corrected chi connectivity index (χ2v) is 28.5. The number of ether oxygens (including phenoxy) is 4. The summed E-state index contributed by atoms with van der Waals surface area (Å²) in [6, 6.07) is 27.6. The first-order valence-electron chi connectivity index (χ1n) is 37.7. The number of carbonyl (C=O) groups is 6. The lowest BCUT2D eigenvalue weighted by atomic mass is 10.1. The lowest BCUT2D eigenvalue weighted by molar-refractivity contribution is -0.137. The molecule has 0 spiro atoms. The molecule has 3 unspecified atom stereocenters. The number of aromatic amines is 2. The number of H-pyrrole nitrogens is 2. The number of aromatic carboxylic acids is 1. The highest BCUT2D eigenvalue weighted by atomic mass is 31.0. The zero-order valence-electron chi connectivity index (χ0n) is 63.0. The topological polar surface area (TPSA) is 400 Å². The van der Waals surface area contributed by atoms with Crippen LogP contribution in [0, 0.1) is 23.7 Å². The number of anilines is 4. The van der Waals surface area contributed by atoms with Crippen molar-refractivity contribution in [3.8, 4) is 35.1 Å². The van der Waals surface area contributed by atoms with Gasteiger partial charge in [0.25, 0.3) is 18.8 Å². The highest BCUT2D eigenvalue weighted by Crippen LogP contribution is 2.36. The van der Waals surface area contributed by atoms with Crippen molar-refractivity contribution in [3.05, 3.63) is 200 Å². The van der Waals surface area contributed by atoms with E-state index in [0.29, 0.717) is 133 Å². The third kappa shape index (κ3) is 18.0. The molecule has 0 radical (unpaired) electrons. The number of nitrogens with zero attached hydrogens (tertiary/aromatic N) is 14. The monoisotopic (exact) mass is 1660 g/mol. The third-order valence-electron chi connectivity index (χ3n) is 20.9. The van der Waals surface area contributed by atoms with E-state index in [1.165, 1.54) is 52.3 Å². The van der Waals surface area contributed by atoms with E-state index in [0.717, 1.165) is 42.9 Å². The Morgan fingerprint density at radius 3 is 1.50 bits per heavy atom. The fourth-order valence-corrected chi connectivity index (χ4v) is 15.1. The number of aromatic nitrogens is 14. The Labute approximate surface area is 684 Å². The van der Waals surface area contributed by atoms with Crippen LogP contribution in [0.25, 0.3) is 44.7 Å². The minimum Gasteiger partial charge on any atom is -0.477 e. The van der Waals surface area contributed by atoms with Crippen molar-refractivity contribution in [3.63, 3.8) is 0 Å². The number of hydrogen-bond acceptors (Lipinski definition) is 21. The minimum absolute atomic E-state index is 0. The fraction of sp³-hybridized carbons (Fsp3) is 0.341. The predicted octanol–water partition coefficient (Wildman–Crippen LogP) is 9.15. The first-order chi connectivity index (χ1) is 56.7. The van der Waals surface area contributed by atoms with E-state index in [2.05, 4.69) is 84.8 Å². The van der Waals surface area contributed by atoms with E-state index in [4.69, 9.17) is 34.8 Å². The molecule has 7 atom stereocenters.